The molecule has 0 saturated carbocycles. The summed E-state index contributed by atoms with van der Waals surface area (Å²) in [6.07, 6.45) is 0. The molecule has 2 aromatic rings. The van der Waals surface area contributed by atoms with Gasteiger partial charge in [-0.3, -0.25) is 0 Å². The Hall–Kier alpha value is -1.58. The van der Waals surface area contributed by atoms with Gasteiger partial charge in [0.25, 0.3) is 0 Å². The molecule has 19 heavy (non-hydrogen) atoms. The second kappa shape index (κ2) is 6.05. The first kappa shape index (κ1) is 13.8. The number of thioether (sulfide) groups is 1. The third-order valence-corrected chi connectivity index (χ3v) is 3.63. The number of methoxy groups -OCH3 is 1. The van der Waals surface area contributed by atoms with Crippen LogP contribution in [0, 0.1) is 0 Å². The van der Waals surface area contributed by atoms with Crippen LogP contribution in [0.25, 0.3) is 0 Å². The number of rotatable bonds is 5. The smallest absolute Gasteiger partial charge is 0.488 e. The Labute approximate surface area is 114 Å². The maximum atomic E-state index is 9.34. The number of aryl methyl sites for hydroxylation is 1. The van der Waals surface area contributed by atoms with Gasteiger partial charge >= 0.3 is 7.12 Å². The van der Waals surface area contributed by atoms with E-state index < -0.39 is 7.12 Å². The standard InChI is InChI=1S/C10H13BN4O3S/c1-15-10(12-13-14-15)19-6-7-5-8(18-2)3-4-9(7)11(16)17/h3-5,16-17H,6H2,1-2H3. The molecule has 0 aliphatic rings. The Morgan fingerprint density at radius 3 is 2.79 bits per heavy atom. The maximum Gasteiger partial charge on any atom is 0.488 e. The Bertz CT molecular complexity index is 563. The van der Waals surface area contributed by atoms with Crippen LogP contribution in [0.15, 0.2) is 23.4 Å². The number of tetrazole rings is 1. The zero-order chi connectivity index (χ0) is 13.8. The van der Waals surface area contributed by atoms with E-state index in [9.17, 15) is 10.0 Å². The average Bonchev–Trinajstić information content (AvgIpc) is 2.81. The van der Waals surface area contributed by atoms with Crippen LogP contribution in [-0.4, -0.2) is 44.5 Å². The molecule has 0 unspecified atom stereocenters. The van der Waals surface area contributed by atoms with Gasteiger partial charge in [-0.15, -0.1) is 5.10 Å². The van der Waals surface area contributed by atoms with Crippen LogP contribution in [-0.2, 0) is 12.8 Å². The third kappa shape index (κ3) is 3.25. The van der Waals surface area contributed by atoms with Crippen molar-refractivity contribution >= 4 is 24.3 Å². The van der Waals surface area contributed by atoms with Crippen molar-refractivity contribution in [2.45, 2.75) is 10.9 Å². The summed E-state index contributed by atoms with van der Waals surface area (Å²) in [6.45, 7) is 0. The predicted molar refractivity (Wildman–Crippen MR) is 71.2 cm³/mol. The van der Waals surface area contributed by atoms with E-state index in [1.807, 2.05) is 0 Å². The first-order valence-corrected chi connectivity index (χ1v) is 6.48. The monoisotopic (exact) mass is 280 g/mol. The zero-order valence-corrected chi connectivity index (χ0v) is 11.3. The van der Waals surface area contributed by atoms with Crippen LogP contribution in [0.2, 0.25) is 0 Å². The van der Waals surface area contributed by atoms with Gasteiger partial charge in [-0.1, -0.05) is 17.8 Å². The second-order valence-electron chi connectivity index (χ2n) is 3.81. The van der Waals surface area contributed by atoms with Crippen LogP contribution < -0.4 is 10.2 Å². The Morgan fingerprint density at radius 1 is 1.42 bits per heavy atom. The lowest BCUT2D eigenvalue weighted by Gasteiger charge is -2.10. The Morgan fingerprint density at radius 2 is 2.21 bits per heavy atom. The van der Waals surface area contributed by atoms with E-state index in [1.54, 1.807) is 37.0 Å². The summed E-state index contributed by atoms with van der Waals surface area (Å²) in [5.74, 6) is 1.18. The number of hydrogen-bond donors (Lipinski definition) is 2. The van der Waals surface area contributed by atoms with Gasteiger partial charge in [0.05, 0.1) is 7.11 Å². The van der Waals surface area contributed by atoms with E-state index in [2.05, 4.69) is 15.5 Å². The molecular weight excluding hydrogens is 267 g/mol. The minimum Gasteiger partial charge on any atom is -0.497 e. The van der Waals surface area contributed by atoms with E-state index in [1.165, 1.54) is 11.8 Å². The quantitative estimate of drug-likeness (QED) is 0.546. The first-order chi connectivity index (χ1) is 9.11. The SMILES string of the molecule is COc1ccc(B(O)O)c(CSc2nnnn2C)c1. The molecule has 0 fully saturated rings. The zero-order valence-electron chi connectivity index (χ0n) is 10.5. The number of ether oxygens (including phenoxy) is 1. The molecule has 0 amide bonds. The van der Waals surface area contributed by atoms with Gasteiger partial charge in [0.1, 0.15) is 5.75 Å². The number of nitrogens with zero attached hydrogens (tertiary/aromatic N) is 4. The topological polar surface area (TPSA) is 93.3 Å². The molecule has 2 N–H and O–H groups in total. The van der Waals surface area contributed by atoms with Crippen molar-refractivity contribution in [2.75, 3.05) is 7.11 Å². The summed E-state index contributed by atoms with van der Waals surface area (Å²) in [6, 6.07) is 5.09. The summed E-state index contributed by atoms with van der Waals surface area (Å²) in [4.78, 5) is 0. The van der Waals surface area contributed by atoms with Gasteiger partial charge < -0.3 is 14.8 Å². The lowest BCUT2D eigenvalue weighted by atomic mass is 9.77. The number of aromatic nitrogens is 4. The van der Waals surface area contributed by atoms with Crippen LogP contribution in [0.4, 0.5) is 0 Å². The molecule has 0 bridgehead atoms. The number of benzene rings is 1. The molecule has 0 saturated heterocycles. The van der Waals surface area contributed by atoms with Crippen molar-refractivity contribution in [3.8, 4) is 5.75 Å². The average molecular weight is 280 g/mol. The highest BCUT2D eigenvalue weighted by Gasteiger charge is 2.17. The molecule has 0 radical (unpaired) electrons. The van der Waals surface area contributed by atoms with Gasteiger partial charge in [-0.05, 0) is 33.6 Å². The highest BCUT2D eigenvalue weighted by atomic mass is 32.2. The predicted octanol–water partition coefficient (Wildman–Crippen LogP) is -0.809. The van der Waals surface area contributed by atoms with E-state index in [0.717, 1.165) is 5.56 Å². The molecule has 1 aromatic heterocycles. The van der Waals surface area contributed by atoms with Gasteiger partial charge in [0.2, 0.25) is 5.16 Å². The summed E-state index contributed by atoms with van der Waals surface area (Å²) in [5, 5.41) is 30.5. The van der Waals surface area contributed by atoms with Crippen LogP contribution in [0.3, 0.4) is 0 Å². The fourth-order valence-corrected chi connectivity index (χ4v) is 2.42. The first-order valence-electron chi connectivity index (χ1n) is 5.50. The summed E-state index contributed by atoms with van der Waals surface area (Å²) < 4.78 is 6.69. The van der Waals surface area contributed by atoms with Crippen LogP contribution in [0.5, 0.6) is 5.75 Å². The molecule has 0 atom stereocenters. The lowest BCUT2D eigenvalue weighted by molar-refractivity contribution is 0.413. The molecule has 1 aromatic carbocycles. The van der Waals surface area contributed by atoms with E-state index in [4.69, 9.17) is 4.74 Å². The van der Waals surface area contributed by atoms with E-state index in [0.29, 0.717) is 22.1 Å². The summed E-state index contributed by atoms with van der Waals surface area (Å²) >= 11 is 1.41. The molecule has 9 heteroatoms. The molecule has 100 valence electrons. The van der Waals surface area contributed by atoms with Crippen molar-refractivity contribution in [2.24, 2.45) is 7.05 Å². The Kier molecular flexibility index (Phi) is 4.41. The van der Waals surface area contributed by atoms with Crippen molar-refractivity contribution in [3.05, 3.63) is 23.8 Å². The van der Waals surface area contributed by atoms with Gasteiger partial charge in [0.15, 0.2) is 0 Å². The fourth-order valence-electron chi connectivity index (χ4n) is 1.57. The summed E-state index contributed by atoms with van der Waals surface area (Å²) in [7, 11) is 1.79. The van der Waals surface area contributed by atoms with Crippen LogP contribution in [0.1, 0.15) is 5.56 Å². The van der Waals surface area contributed by atoms with Crippen molar-refractivity contribution in [3.63, 3.8) is 0 Å². The van der Waals surface area contributed by atoms with Crippen molar-refractivity contribution in [1.82, 2.24) is 20.2 Å². The van der Waals surface area contributed by atoms with E-state index in [-0.39, 0.29) is 0 Å². The minimum atomic E-state index is -1.51. The minimum absolute atomic E-state index is 0.448. The van der Waals surface area contributed by atoms with Crippen molar-refractivity contribution < 1.29 is 14.8 Å². The van der Waals surface area contributed by atoms with Crippen LogP contribution >= 0.6 is 11.8 Å². The molecule has 0 aliphatic heterocycles. The van der Waals surface area contributed by atoms with E-state index >= 15 is 0 Å². The van der Waals surface area contributed by atoms with Gasteiger partial charge in [-0.2, -0.15) is 0 Å². The third-order valence-electron chi connectivity index (χ3n) is 2.57. The normalized spacial score (nSPS) is 10.5. The molecule has 7 nitrogen and oxygen atoms in total. The molecule has 1 heterocycles. The summed E-state index contributed by atoms with van der Waals surface area (Å²) in [5.41, 5.74) is 1.21. The number of hydrogen-bond acceptors (Lipinski definition) is 7. The maximum absolute atomic E-state index is 9.34. The molecule has 2 rings (SSSR count). The molecule has 0 spiro atoms. The molecular formula is C10H13BN4O3S. The highest BCUT2D eigenvalue weighted by Crippen LogP contribution is 2.21. The highest BCUT2D eigenvalue weighted by molar-refractivity contribution is 7.98. The van der Waals surface area contributed by atoms with Gasteiger partial charge in [-0.25, -0.2) is 4.68 Å². The van der Waals surface area contributed by atoms with Crippen molar-refractivity contribution in [1.29, 1.82) is 0 Å². The molecule has 0 aliphatic carbocycles. The lowest BCUT2D eigenvalue weighted by Crippen LogP contribution is -2.32. The largest absolute Gasteiger partial charge is 0.497 e. The van der Waals surface area contributed by atoms with Gasteiger partial charge in [0, 0.05) is 12.8 Å². The Balaban J connectivity index is 2.20. The second-order valence-corrected chi connectivity index (χ2v) is 4.75. The fraction of sp³-hybridized carbons (Fsp3) is 0.300.